The SMILES string of the molecule is CC1(C)CC1c1cccnc1C(NC(=O)c1ccc2ncccc2c1)c1ccc(C(F)(F)F)cc1. The van der Waals surface area contributed by atoms with Crippen molar-refractivity contribution < 1.29 is 18.0 Å². The predicted octanol–water partition coefficient (Wildman–Crippen LogP) is 6.68. The predicted molar refractivity (Wildman–Crippen MR) is 128 cm³/mol. The van der Waals surface area contributed by atoms with E-state index in [1.54, 1.807) is 36.7 Å². The second kappa shape index (κ2) is 8.48. The van der Waals surface area contributed by atoms with Crippen LogP contribution in [0.4, 0.5) is 13.2 Å². The average molecular weight is 476 g/mol. The lowest BCUT2D eigenvalue weighted by atomic mass is 9.93. The summed E-state index contributed by atoms with van der Waals surface area (Å²) in [6, 6.07) is 16.9. The summed E-state index contributed by atoms with van der Waals surface area (Å²) in [7, 11) is 0. The van der Waals surface area contributed by atoms with E-state index in [9.17, 15) is 18.0 Å². The number of hydrogen-bond acceptors (Lipinski definition) is 3. The van der Waals surface area contributed by atoms with Gasteiger partial charge in [0.15, 0.2) is 0 Å². The number of fused-ring (bicyclic) bond motifs is 1. The molecule has 0 spiro atoms. The third-order valence-corrected chi connectivity index (χ3v) is 6.75. The topological polar surface area (TPSA) is 54.9 Å². The minimum atomic E-state index is -4.44. The van der Waals surface area contributed by atoms with Gasteiger partial charge in [-0.3, -0.25) is 14.8 Å². The Morgan fingerprint density at radius 2 is 1.69 bits per heavy atom. The van der Waals surface area contributed by atoms with Crippen LogP contribution in [0.15, 0.2) is 79.1 Å². The highest BCUT2D eigenvalue weighted by Gasteiger charge is 2.48. The quantitative estimate of drug-likeness (QED) is 0.350. The van der Waals surface area contributed by atoms with Gasteiger partial charge in [-0.15, -0.1) is 0 Å². The van der Waals surface area contributed by atoms with Crippen LogP contribution in [0, 0.1) is 5.41 Å². The molecule has 1 aliphatic carbocycles. The summed E-state index contributed by atoms with van der Waals surface area (Å²) in [5.74, 6) is -0.0703. The lowest BCUT2D eigenvalue weighted by Crippen LogP contribution is -2.31. The van der Waals surface area contributed by atoms with Crippen LogP contribution in [0.25, 0.3) is 10.9 Å². The zero-order chi connectivity index (χ0) is 24.8. The molecule has 4 nitrogen and oxygen atoms in total. The van der Waals surface area contributed by atoms with E-state index < -0.39 is 17.8 Å². The molecule has 1 fully saturated rings. The van der Waals surface area contributed by atoms with Gasteiger partial charge in [-0.05, 0) is 71.3 Å². The normalized spacial score (nSPS) is 17.7. The molecule has 1 amide bonds. The molecule has 1 aliphatic rings. The van der Waals surface area contributed by atoms with E-state index in [0.717, 1.165) is 35.0 Å². The minimum absolute atomic E-state index is 0.109. The lowest BCUT2D eigenvalue weighted by molar-refractivity contribution is -0.137. The van der Waals surface area contributed by atoms with Crippen LogP contribution in [0.1, 0.15) is 65.0 Å². The number of carbonyl (C=O) groups is 1. The Bertz CT molecular complexity index is 1400. The molecule has 7 heteroatoms. The van der Waals surface area contributed by atoms with E-state index >= 15 is 0 Å². The van der Waals surface area contributed by atoms with Gasteiger partial charge in [0.25, 0.3) is 5.91 Å². The first kappa shape index (κ1) is 23.0. The van der Waals surface area contributed by atoms with Crippen molar-refractivity contribution in [3.05, 3.63) is 107 Å². The van der Waals surface area contributed by atoms with Crippen molar-refractivity contribution >= 4 is 16.8 Å². The van der Waals surface area contributed by atoms with Crippen molar-refractivity contribution in [2.75, 3.05) is 0 Å². The monoisotopic (exact) mass is 475 g/mol. The number of alkyl halides is 3. The van der Waals surface area contributed by atoms with Crippen molar-refractivity contribution in [2.45, 2.75) is 38.4 Å². The summed E-state index contributed by atoms with van der Waals surface area (Å²) in [5.41, 5.74) is 2.77. The highest BCUT2D eigenvalue weighted by atomic mass is 19.4. The minimum Gasteiger partial charge on any atom is -0.340 e. The molecule has 4 aromatic rings. The molecular weight excluding hydrogens is 451 g/mol. The number of nitrogens with zero attached hydrogens (tertiary/aromatic N) is 2. The molecular formula is C28H24F3N3O. The highest BCUT2D eigenvalue weighted by Crippen LogP contribution is 2.59. The molecule has 0 radical (unpaired) electrons. The fourth-order valence-electron chi connectivity index (χ4n) is 4.57. The fourth-order valence-corrected chi connectivity index (χ4v) is 4.57. The first-order valence-corrected chi connectivity index (χ1v) is 11.4. The van der Waals surface area contributed by atoms with Gasteiger partial charge in [0, 0.05) is 23.3 Å². The van der Waals surface area contributed by atoms with Gasteiger partial charge in [-0.1, -0.05) is 38.1 Å². The Hall–Kier alpha value is -3.74. The van der Waals surface area contributed by atoms with Gasteiger partial charge < -0.3 is 5.32 Å². The molecule has 1 saturated carbocycles. The summed E-state index contributed by atoms with van der Waals surface area (Å²) in [5, 5.41) is 3.86. The Balaban J connectivity index is 1.54. The van der Waals surface area contributed by atoms with Crippen molar-refractivity contribution in [2.24, 2.45) is 5.41 Å². The van der Waals surface area contributed by atoms with Crippen LogP contribution in [0.5, 0.6) is 0 Å². The molecule has 1 N–H and O–H groups in total. The van der Waals surface area contributed by atoms with E-state index in [4.69, 9.17) is 0 Å². The first-order valence-electron chi connectivity index (χ1n) is 11.4. The lowest BCUT2D eigenvalue weighted by Gasteiger charge is -2.23. The highest BCUT2D eigenvalue weighted by molar-refractivity contribution is 5.98. The standard InChI is InChI=1S/C28H24F3N3O/c1-27(2)16-22(27)21-6-4-14-33-25(21)24(17-7-10-20(11-8-17)28(29,30)31)34-26(35)19-9-12-23-18(15-19)5-3-13-32-23/h3-15,22,24H,16H2,1-2H3,(H,34,35). The Morgan fingerprint density at radius 3 is 2.37 bits per heavy atom. The first-order chi connectivity index (χ1) is 16.6. The van der Waals surface area contributed by atoms with Crippen LogP contribution in [-0.2, 0) is 6.18 Å². The van der Waals surface area contributed by atoms with Crippen LogP contribution in [0.2, 0.25) is 0 Å². The third-order valence-electron chi connectivity index (χ3n) is 6.75. The molecule has 2 unspecified atom stereocenters. The Labute approximate surface area is 201 Å². The summed E-state index contributed by atoms with van der Waals surface area (Å²) in [6.45, 7) is 4.34. The molecule has 2 atom stereocenters. The molecule has 178 valence electrons. The smallest absolute Gasteiger partial charge is 0.340 e. The van der Waals surface area contributed by atoms with Gasteiger partial charge in [0.2, 0.25) is 0 Å². The number of aromatic nitrogens is 2. The van der Waals surface area contributed by atoms with Gasteiger partial charge in [-0.25, -0.2) is 0 Å². The van der Waals surface area contributed by atoms with Gasteiger partial charge in [-0.2, -0.15) is 13.2 Å². The van der Waals surface area contributed by atoms with Crippen molar-refractivity contribution in [1.29, 1.82) is 0 Å². The fraction of sp³-hybridized carbons (Fsp3) is 0.250. The van der Waals surface area contributed by atoms with E-state index in [1.807, 2.05) is 18.2 Å². The number of halogens is 3. The van der Waals surface area contributed by atoms with E-state index in [0.29, 0.717) is 16.8 Å². The number of amides is 1. The van der Waals surface area contributed by atoms with E-state index in [2.05, 4.69) is 29.1 Å². The molecule has 0 bridgehead atoms. The zero-order valence-electron chi connectivity index (χ0n) is 19.3. The van der Waals surface area contributed by atoms with Crippen molar-refractivity contribution in [3.63, 3.8) is 0 Å². The Kier molecular flexibility index (Phi) is 5.58. The zero-order valence-corrected chi connectivity index (χ0v) is 19.3. The maximum absolute atomic E-state index is 13.4. The van der Waals surface area contributed by atoms with Gasteiger partial charge in [0.1, 0.15) is 0 Å². The largest absolute Gasteiger partial charge is 0.416 e. The molecule has 35 heavy (non-hydrogen) atoms. The Morgan fingerprint density at radius 1 is 1.00 bits per heavy atom. The third kappa shape index (κ3) is 4.63. The second-order valence-corrected chi connectivity index (χ2v) is 9.66. The van der Waals surface area contributed by atoms with Crippen molar-refractivity contribution in [1.82, 2.24) is 15.3 Å². The van der Waals surface area contributed by atoms with Gasteiger partial charge in [0.05, 0.1) is 22.8 Å². The number of hydrogen-bond donors (Lipinski definition) is 1. The summed E-state index contributed by atoms with van der Waals surface area (Å²) in [6.07, 6.45) is -0.120. The van der Waals surface area contributed by atoms with Crippen LogP contribution in [0.3, 0.4) is 0 Å². The molecule has 5 rings (SSSR count). The van der Waals surface area contributed by atoms with Crippen LogP contribution in [-0.4, -0.2) is 15.9 Å². The molecule has 0 saturated heterocycles. The second-order valence-electron chi connectivity index (χ2n) is 9.66. The van der Waals surface area contributed by atoms with Gasteiger partial charge >= 0.3 is 6.18 Å². The van der Waals surface area contributed by atoms with Crippen LogP contribution >= 0.6 is 0 Å². The maximum Gasteiger partial charge on any atom is 0.416 e. The number of carbonyl (C=O) groups excluding carboxylic acids is 1. The average Bonchev–Trinajstić information content (AvgIpc) is 3.49. The summed E-state index contributed by atoms with van der Waals surface area (Å²) in [4.78, 5) is 22.2. The van der Waals surface area contributed by atoms with E-state index in [1.165, 1.54) is 12.1 Å². The van der Waals surface area contributed by atoms with E-state index in [-0.39, 0.29) is 17.2 Å². The number of rotatable bonds is 5. The summed E-state index contributed by atoms with van der Waals surface area (Å²) < 4.78 is 39.5. The molecule has 0 aliphatic heterocycles. The van der Waals surface area contributed by atoms with Crippen LogP contribution < -0.4 is 5.32 Å². The summed E-state index contributed by atoms with van der Waals surface area (Å²) >= 11 is 0. The maximum atomic E-state index is 13.4. The molecule has 2 aromatic carbocycles. The number of benzene rings is 2. The number of pyridine rings is 2. The molecule has 2 aromatic heterocycles. The number of nitrogens with one attached hydrogen (secondary N) is 1. The molecule has 2 heterocycles. The van der Waals surface area contributed by atoms with Crippen molar-refractivity contribution in [3.8, 4) is 0 Å².